The van der Waals surface area contributed by atoms with Crippen molar-refractivity contribution in [2.24, 2.45) is 0 Å². The number of aliphatic hydroxyl groups is 5. The summed E-state index contributed by atoms with van der Waals surface area (Å²) in [7, 11) is 0. The minimum Gasteiger partial charge on any atom is -0.394 e. The highest BCUT2D eigenvalue weighted by molar-refractivity contribution is 5.76. The van der Waals surface area contributed by atoms with Crippen LogP contribution >= 0.6 is 0 Å². The standard InChI is InChI=1S/C53H83NO8/c1-3-5-7-9-11-13-15-16-17-18-19-20-21-22-23-24-25-26-27-28-29-30-31-32-33-35-37-39-41-43-49(57)54-46(45-61-53-52(60)51(59)50(58)48(44-55)62-53)47(56)42-40-38-36-34-14-12-10-8-6-4-2/h5,7,11,13-14,16-17,19-20,22-23,25-26,28-29,31-32,34-35,37,40,42,46-48,50-53,55-56,58-60H,3-4,6,8-10,12,15,18,21,24,27,30,33,36,38-39,41,43-45H2,1-2H3,(H,54,57)/b7-5-,13-11-,17-16-,20-19-,23-22-,26-25-,29-28-,32-31-,34-14+,37-35-,42-40+. The van der Waals surface area contributed by atoms with Crippen molar-refractivity contribution >= 4 is 5.91 Å². The number of ether oxygens (including phenoxy) is 2. The zero-order valence-electron chi connectivity index (χ0n) is 38.1. The van der Waals surface area contributed by atoms with Crippen LogP contribution in [0.3, 0.4) is 0 Å². The summed E-state index contributed by atoms with van der Waals surface area (Å²) in [5.41, 5.74) is 0. The minimum absolute atomic E-state index is 0.235. The van der Waals surface area contributed by atoms with Gasteiger partial charge in [-0.2, -0.15) is 0 Å². The number of hydrogen-bond donors (Lipinski definition) is 6. The number of unbranched alkanes of at least 4 members (excludes halogenated alkanes) is 6. The van der Waals surface area contributed by atoms with Gasteiger partial charge in [-0.1, -0.05) is 167 Å². The fraction of sp³-hybridized carbons (Fsp3) is 0.566. The second kappa shape index (κ2) is 41.3. The summed E-state index contributed by atoms with van der Waals surface area (Å²) < 4.78 is 11.1. The van der Waals surface area contributed by atoms with Gasteiger partial charge in [0.05, 0.1) is 25.4 Å². The Balaban J connectivity index is 2.34. The van der Waals surface area contributed by atoms with Crippen molar-refractivity contribution in [1.29, 1.82) is 0 Å². The Morgan fingerprint density at radius 2 is 1.02 bits per heavy atom. The molecule has 0 aromatic rings. The van der Waals surface area contributed by atoms with Crippen LogP contribution in [0, 0.1) is 0 Å². The third-order valence-electron chi connectivity index (χ3n) is 9.96. The first-order valence-electron chi connectivity index (χ1n) is 23.4. The third-order valence-corrected chi connectivity index (χ3v) is 9.96. The van der Waals surface area contributed by atoms with Gasteiger partial charge in [-0.15, -0.1) is 0 Å². The number of nitrogens with one attached hydrogen (secondary N) is 1. The zero-order chi connectivity index (χ0) is 45.1. The fourth-order valence-electron chi connectivity index (χ4n) is 6.23. The van der Waals surface area contributed by atoms with Crippen LogP contribution in [0.1, 0.15) is 136 Å². The van der Waals surface area contributed by atoms with Gasteiger partial charge < -0.3 is 40.3 Å². The molecule has 6 N–H and O–H groups in total. The van der Waals surface area contributed by atoms with E-state index in [1.807, 2.05) is 6.08 Å². The van der Waals surface area contributed by atoms with Crippen molar-refractivity contribution in [3.05, 3.63) is 134 Å². The molecule has 0 saturated carbocycles. The summed E-state index contributed by atoms with van der Waals surface area (Å²) in [4.78, 5) is 12.9. The highest BCUT2D eigenvalue weighted by atomic mass is 16.7. The van der Waals surface area contributed by atoms with Gasteiger partial charge in [-0.3, -0.25) is 4.79 Å². The van der Waals surface area contributed by atoms with Crippen LogP contribution in [0.2, 0.25) is 0 Å². The van der Waals surface area contributed by atoms with Crippen molar-refractivity contribution in [2.45, 2.75) is 179 Å². The van der Waals surface area contributed by atoms with Crippen LogP contribution in [-0.2, 0) is 14.3 Å². The second-order valence-electron chi connectivity index (χ2n) is 15.5. The summed E-state index contributed by atoms with van der Waals surface area (Å²) in [6.07, 6.45) is 56.6. The number of rotatable bonds is 36. The van der Waals surface area contributed by atoms with Gasteiger partial charge in [0.25, 0.3) is 0 Å². The van der Waals surface area contributed by atoms with Crippen LogP contribution in [0.5, 0.6) is 0 Å². The van der Waals surface area contributed by atoms with Gasteiger partial charge in [-0.05, 0) is 96.3 Å². The van der Waals surface area contributed by atoms with Gasteiger partial charge >= 0.3 is 0 Å². The molecular weight excluding hydrogens is 779 g/mol. The van der Waals surface area contributed by atoms with Gasteiger partial charge in [0.15, 0.2) is 6.29 Å². The van der Waals surface area contributed by atoms with Crippen LogP contribution in [0.25, 0.3) is 0 Å². The van der Waals surface area contributed by atoms with Crippen LogP contribution in [0.15, 0.2) is 134 Å². The van der Waals surface area contributed by atoms with E-state index >= 15 is 0 Å². The first-order valence-corrected chi connectivity index (χ1v) is 23.4. The van der Waals surface area contributed by atoms with Crippen LogP contribution in [0.4, 0.5) is 0 Å². The lowest BCUT2D eigenvalue weighted by molar-refractivity contribution is -0.302. The molecule has 0 bridgehead atoms. The van der Waals surface area contributed by atoms with Crippen molar-refractivity contribution in [1.82, 2.24) is 5.32 Å². The quantitative estimate of drug-likeness (QED) is 0.0269. The lowest BCUT2D eigenvalue weighted by Crippen LogP contribution is -2.60. The van der Waals surface area contributed by atoms with E-state index in [-0.39, 0.29) is 18.9 Å². The van der Waals surface area contributed by atoms with Gasteiger partial charge in [0.1, 0.15) is 24.4 Å². The summed E-state index contributed by atoms with van der Waals surface area (Å²) in [6.45, 7) is 3.53. The molecule has 62 heavy (non-hydrogen) atoms. The predicted molar refractivity (Wildman–Crippen MR) is 257 cm³/mol. The molecule has 1 aliphatic rings. The summed E-state index contributed by atoms with van der Waals surface area (Å²) in [6, 6.07) is -0.861. The number of hydrogen-bond acceptors (Lipinski definition) is 8. The molecule has 9 nitrogen and oxygen atoms in total. The Hall–Kier alpha value is -3.67. The maximum atomic E-state index is 12.9. The number of carbonyl (C=O) groups is 1. The molecule has 0 aromatic heterocycles. The van der Waals surface area contributed by atoms with Crippen molar-refractivity contribution < 1.29 is 39.8 Å². The Bertz CT molecular complexity index is 1420. The second-order valence-corrected chi connectivity index (χ2v) is 15.5. The van der Waals surface area contributed by atoms with E-state index in [0.29, 0.717) is 6.42 Å². The maximum Gasteiger partial charge on any atom is 0.220 e. The summed E-state index contributed by atoms with van der Waals surface area (Å²) in [5, 5.41) is 54.0. The Morgan fingerprint density at radius 1 is 0.565 bits per heavy atom. The van der Waals surface area contributed by atoms with E-state index in [4.69, 9.17) is 9.47 Å². The van der Waals surface area contributed by atoms with Crippen molar-refractivity contribution in [3.8, 4) is 0 Å². The highest BCUT2D eigenvalue weighted by Gasteiger charge is 2.44. The lowest BCUT2D eigenvalue weighted by Gasteiger charge is -2.40. The van der Waals surface area contributed by atoms with Crippen molar-refractivity contribution in [2.75, 3.05) is 13.2 Å². The molecule has 1 saturated heterocycles. The molecule has 0 aromatic carbocycles. The molecule has 1 fully saturated rings. The van der Waals surface area contributed by atoms with Crippen molar-refractivity contribution in [3.63, 3.8) is 0 Å². The van der Waals surface area contributed by atoms with Gasteiger partial charge in [-0.25, -0.2) is 0 Å². The fourth-order valence-corrected chi connectivity index (χ4v) is 6.23. The monoisotopic (exact) mass is 862 g/mol. The Kier molecular flexibility index (Phi) is 37.6. The first kappa shape index (κ1) is 56.3. The maximum absolute atomic E-state index is 12.9. The van der Waals surface area contributed by atoms with Crippen LogP contribution in [-0.4, -0.2) is 87.5 Å². The molecule has 7 atom stereocenters. The molecule has 348 valence electrons. The topological polar surface area (TPSA) is 149 Å². The van der Waals surface area contributed by atoms with Gasteiger partial charge in [0, 0.05) is 6.42 Å². The molecular formula is C53H83NO8. The molecule has 1 amide bonds. The molecule has 1 rings (SSSR count). The van der Waals surface area contributed by atoms with E-state index in [0.717, 1.165) is 83.5 Å². The number of aliphatic hydroxyl groups excluding tert-OH is 5. The smallest absolute Gasteiger partial charge is 0.220 e. The highest BCUT2D eigenvalue weighted by Crippen LogP contribution is 2.22. The molecule has 9 heteroatoms. The lowest BCUT2D eigenvalue weighted by atomic mass is 9.99. The van der Waals surface area contributed by atoms with E-state index in [1.54, 1.807) is 6.08 Å². The summed E-state index contributed by atoms with van der Waals surface area (Å²) in [5.74, 6) is -0.255. The molecule has 0 radical (unpaired) electrons. The van der Waals surface area contributed by atoms with E-state index in [1.165, 1.54) is 25.7 Å². The number of allylic oxidation sites excluding steroid dienone is 21. The minimum atomic E-state index is -1.59. The number of amides is 1. The zero-order valence-corrected chi connectivity index (χ0v) is 38.1. The van der Waals surface area contributed by atoms with Gasteiger partial charge in [0.2, 0.25) is 5.91 Å². The average Bonchev–Trinajstić information content (AvgIpc) is 3.27. The van der Waals surface area contributed by atoms with E-state index in [9.17, 15) is 30.3 Å². The molecule has 1 aliphatic heterocycles. The molecule has 0 spiro atoms. The predicted octanol–water partition coefficient (Wildman–Crippen LogP) is 10.2. The van der Waals surface area contributed by atoms with E-state index < -0.39 is 49.5 Å². The third kappa shape index (κ3) is 31.2. The first-order chi connectivity index (χ1) is 30.3. The molecule has 7 unspecified atom stereocenters. The van der Waals surface area contributed by atoms with Crippen LogP contribution < -0.4 is 5.32 Å². The molecule has 1 heterocycles. The average molecular weight is 862 g/mol. The van der Waals surface area contributed by atoms with E-state index in [2.05, 4.69) is 141 Å². The normalized spacial score (nSPS) is 21.6. The molecule has 0 aliphatic carbocycles. The summed E-state index contributed by atoms with van der Waals surface area (Å²) >= 11 is 0. The SMILES string of the molecule is CC/C=C\C/C=C\C/C=C\C/C=C\C/C=C\C/C=C\C/C=C\C/C=C\C/C=C\CCCC(=O)NC(COC1OC(CO)C(O)C(O)C1O)C(O)/C=C/CC/C=C/CCCCCC. The Labute approximate surface area is 375 Å². The number of carbonyl (C=O) groups excluding carboxylic acids is 1. The Morgan fingerprint density at radius 3 is 1.52 bits per heavy atom. The largest absolute Gasteiger partial charge is 0.394 e.